The first-order valence-electron chi connectivity index (χ1n) is 14.0. The van der Waals surface area contributed by atoms with Gasteiger partial charge in [-0.25, -0.2) is 4.98 Å². The number of anilines is 1. The second-order valence-corrected chi connectivity index (χ2v) is 11.2. The molecule has 4 aromatic rings. The molecule has 218 valence electrons. The van der Waals surface area contributed by atoms with Crippen molar-refractivity contribution in [3.63, 3.8) is 0 Å². The Morgan fingerprint density at radius 1 is 1.02 bits per heavy atom. The molecule has 0 saturated carbocycles. The van der Waals surface area contributed by atoms with Gasteiger partial charge in [0.2, 0.25) is 0 Å². The van der Waals surface area contributed by atoms with Gasteiger partial charge in [0.25, 0.3) is 17.4 Å². The van der Waals surface area contributed by atoms with Crippen LogP contribution >= 0.6 is 11.6 Å². The number of H-pyrrole nitrogens is 2. The number of piperazine rings is 1. The number of aromatic nitrogens is 3. The minimum atomic E-state index is -0.865. The standard InChI is InChI=1S/C30H32ClN7O4/c1-36-10-12-37(13-11-36)8-3-9-38-29(41)20-15-23-24(16-21(20)30(38)42)35-27(34-23)26-22(6-7-32-28(26)40)33-17-25(39)18-4-2-5-19(31)14-18/h2,4-7,14-16,25,39H,3,8-13,17H2,1H3,(H,34,35)(H2,32,33,40)/t25-/m1/s1. The molecule has 42 heavy (non-hydrogen) atoms. The maximum absolute atomic E-state index is 13.2. The van der Waals surface area contributed by atoms with Crippen molar-refractivity contribution in [1.29, 1.82) is 0 Å². The van der Waals surface area contributed by atoms with E-state index >= 15 is 0 Å². The fourth-order valence-electron chi connectivity index (χ4n) is 5.54. The van der Waals surface area contributed by atoms with Crippen LogP contribution in [0.5, 0.6) is 0 Å². The average molecular weight is 590 g/mol. The van der Waals surface area contributed by atoms with Crippen molar-refractivity contribution in [2.24, 2.45) is 0 Å². The molecule has 0 radical (unpaired) electrons. The Morgan fingerprint density at radius 3 is 2.55 bits per heavy atom. The maximum Gasteiger partial charge on any atom is 0.261 e. The number of fused-ring (bicyclic) bond motifs is 2. The molecule has 1 fully saturated rings. The predicted molar refractivity (Wildman–Crippen MR) is 161 cm³/mol. The number of carbonyl (C=O) groups excluding carboxylic acids is 2. The van der Waals surface area contributed by atoms with Gasteiger partial charge in [-0.15, -0.1) is 0 Å². The lowest BCUT2D eigenvalue weighted by Gasteiger charge is -2.32. The van der Waals surface area contributed by atoms with Crippen LogP contribution in [-0.4, -0.2) is 99.4 Å². The summed E-state index contributed by atoms with van der Waals surface area (Å²) in [6.45, 7) is 5.34. The number of rotatable bonds is 9. The van der Waals surface area contributed by atoms with Crippen LogP contribution in [0.2, 0.25) is 5.02 Å². The van der Waals surface area contributed by atoms with Crippen LogP contribution in [0.1, 0.15) is 38.8 Å². The molecular weight excluding hydrogens is 558 g/mol. The smallest absolute Gasteiger partial charge is 0.261 e. The van der Waals surface area contributed by atoms with Crippen LogP contribution in [0.3, 0.4) is 0 Å². The number of aromatic amines is 2. The summed E-state index contributed by atoms with van der Waals surface area (Å²) in [5, 5.41) is 14.3. The van der Waals surface area contributed by atoms with Gasteiger partial charge in [-0.1, -0.05) is 23.7 Å². The van der Waals surface area contributed by atoms with Crippen molar-refractivity contribution in [3.8, 4) is 11.4 Å². The molecule has 0 aliphatic carbocycles. The van der Waals surface area contributed by atoms with Gasteiger partial charge in [-0.3, -0.25) is 19.3 Å². The third-order valence-corrected chi connectivity index (χ3v) is 8.18. The first-order chi connectivity index (χ1) is 20.3. The van der Waals surface area contributed by atoms with Crippen molar-refractivity contribution in [3.05, 3.63) is 80.7 Å². The lowest BCUT2D eigenvalue weighted by molar-refractivity contribution is 0.0643. The van der Waals surface area contributed by atoms with Gasteiger partial charge in [0.15, 0.2) is 0 Å². The lowest BCUT2D eigenvalue weighted by Crippen LogP contribution is -2.45. The number of hydrogen-bond donors (Lipinski definition) is 4. The van der Waals surface area contributed by atoms with E-state index in [-0.39, 0.29) is 35.3 Å². The molecule has 12 heteroatoms. The molecule has 2 aromatic heterocycles. The van der Waals surface area contributed by atoms with Crippen molar-refractivity contribution in [2.75, 3.05) is 58.2 Å². The highest BCUT2D eigenvalue weighted by molar-refractivity contribution is 6.30. The SMILES string of the molecule is CN1CCN(CCCN2C(=O)c3cc4nc(-c5c(NC[C@@H](O)c6cccc(Cl)c6)cc[nH]c5=O)[nH]c4cc3C2=O)CC1. The molecule has 0 bridgehead atoms. The molecule has 1 atom stereocenters. The number of imidazole rings is 1. The number of benzene rings is 2. The minimum absolute atomic E-state index is 0.124. The normalized spacial score (nSPS) is 16.8. The monoisotopic (exact) mass is 589 g/mol. The van der Waals surface area contributed by atoms with Gasteiger partial charge < -0.3 is 30.2 Å². The maximum atomic E-state index is 13.2. The summed E-state index contributed by atoms with van der Waals surface area (Å²) in [5.41, 5.74) is 2.61. The molecular formula is C30H32ClN7O4. The van der Waals surface area contributed by atoms with E-state index in [9.17, 15) is 19.5 Å². The number of imide groups is 1. The topological polar surface area (TPSA) is 138 Å². The molecule has 4 heterocycles. The summed E-state index contributed by atoms with van der Waals surface area (Å²) in [6, 6.07) is 11.9. The first-order valence-corrected chi connectivity index (χ1v) is 14.4. The van der Waals surface area contributed by atoms with E-state index in [2.05, 4.69) is 37.1 Å². The number of aliphatic hydroxyl groups is 1. The summed E-state index contributed by atoms with van der Waals surface area (Å²) >= 11 is 6.05. The van der Waals surface area contributed by atoms with Crippen LogP contribution in [0.4, 0.5) is 5.69 Å². The van der Waals surface area contributed by atoms with Crippen LogP contribution in [0.25, 0.3) is 22.4 Å². The number of nitrogens with one attached hydrogen (secondary N) is 3. The van der Waals surface area contributed by atoms with E-state index in [1.165, 1.54) is 11.1 Å². The molecule has 0 spiro atoms. The Labute approximate surface area is 247 Å². The summed E-state index contributed by atoms with van der Waals surface area (Å²) in [4.78, 5) is 55.7. The number of halogens is 1. The second kappa shape index (κ2) is 11.7. The zero-order chi connectivity index (χ0) is 29.4. The molecule has 2 amide bonds. The Morgan fingerprint density at radius 2 is 1.79 bits per heavy atom. The zero-order valence-corrected chi connectivity index (χ0v) is 23.9. The Balaban J connectivity index is 1.19. The average Bonchev–Trinajstić information content (AvgIpc) is 3.49. The highest BCUT2D eigenvalue weighted by Crippen LogP contribution is 2.30. The number of carbonyl (C=O) groups is 2. The fraction of sp³-hybridized carbons (Fsp3) is 0.333. The number of pyridine rings is 1. The molecule has 4 N–H and O–H groups in total. The van der Waals surface area contributed by atoms with Gasteiger partial charge in [-0.05, 0) is 55.9 Å². The number of hydrogen-bond acceptors (Lipinski definition) is 8. The molecule has 11 nitrogen and oxygen atoms in total. The predicted octanol–water partition coefficient (Wildman–Crippen LogP) is 2.95. The van der Waals surface area contributed by atoms with Gasteiger partial charge in [0.1, 0.15) is 11.4 Å². The summed E-state index contributed by atoms with van der Waals surface area (Å²) in [6.07, 6.45) is 1.36. The molecule has 6 rings (SSSR count). The van der Waals surface area contributed by atoms with E-state index in [1.54, 1.807) is 42.5 Å². The van der Waals surface area contributed by atoms with Crippen LogP contribution in [-0.2, 0) is 0 Å². The van der Waals surface area contributed by atoms with E-state index in [0.717, 1.165) is 32.7 Å². The fourth-order valence-corrected chi connectivity index (χ4v) is 5.74. The quantitative estimate of drug-likeness (QED) is 0.219. The lowest BCUT2D eigenvalue weighted by atomic mass is 10.1. The highest BCUT2D eigenvalue weighted by Gasteiger charge is 2.36. The second-order valence-electron chi connectivity index (χ2n) is 10.8. The summed E-state index contributed by atoms with van der Waals surface area (Å²) in [5.74, 6) is -0.365. The van der Waals surface area contributed by atoms with Crippen molar-refractivity contribution < 1.29 is 14.7 Å². The minimum Gasteiger partial charge on any atom is -0.387 e. The van der Waals surface area contributed by atoms with Gasteiger partial charge in [-0.2, -0.15) is 0 Å². The van der Waals surface area contributed by atoms with Crippen LogP contribution < -0.4 is 10.9 Å². The van der Waals surface area contributed by atoms with E-state index in [0.29, 0.717) is 51.4 Å². The third-order valence-electron chi connectivity index (χ3n) is 7.94. The molecule has 1 saturated heterocycles. The number of aliphatic hydroxyl groups excluding tert-OH is 1. The van der Waals surface area contributed by atoms with E-state index in [4.69, 9.17) is 11.6 Å². The molecule has 0 unspecified atom stereocenters. The summed E-state index contributed by atoms with van der Waals surface area (Å²) < 4.78 is 0. The van der Waals surface area contributed by atoms with Crippen LogP contribution in [0.15, 0.2) is 53.5 Å². The number of likely N-dealkylation sites (N-methyl/N-ethyl adjacent to an activating group) is 1. The summed E-state index contributed by atoms with van der Waals surface area (Å²) in [7, 11) is 2.11. The Kier molecular flexibility index (Phi) is 7.82. The van der Waals surface area contributed by atoms with Gasteiger partial charge >= 0.3 is 0 Å². The largest absolute Gasteiger partial charge is 0.387 e. The van der Waals surface area contributed by atoms with Crippen molar-refractivity contribution in [2.45, 2.75) is 12.5 Å². The third kappa shape index (κ3) is 5.56. The van der Waals surface area contributed by atoms with E-state index in [1.807, 2.05) is 0 Å². The molecule has 2 aromatic carbocycles. The number of nitrogens with zero attached hydrogens (tertiary/aromatic N) is 4. The van der Waals surface area contributed by atoms with Gasteiger partial charge in [0, 0.05) is 50.5 Å². The number of amides is 2. The molecule has 2 aliphatic heterocycles. The van der Waals surface area contributed by atoms with E-state index < -0.39 is 6.10 Å². The molecule has 2 aliphatic rings. The zero-order valence-electron chi connectivity index (χ0n) is 23.2. The van der Waals surface area contributed by atoms with Crippen LogP contribution in [0, 0.1) is 0 Å². The first kappa shape index (κ1) is 28.1. The van der Waals surface area contributed by atoms with Gasteiger partial charge in [0.05, 0.1) is 34.0 Å². The Hall–Kier alpha value is -4.03. The highest BCUT2D eigenvalue weighted by atomic mass is 35.5. The van der Waals surface area contributed by atoms with Crippen molar-refractivity contribution >= 4 is 40.1 Å². The Bertz CT molecular complexity index is 1660. The van der Waals surface area contributed by atoms with Crippen molar-refractivity contribution in [1.82, 2.24) is 29.7 Å².